The third-order valence-corrected chi connectivity index (χ3v) is 4.79. The molecule has 1 aromatic rings. The smallest absolute Gasteiger partial charge is 0.234 e. The Labute approximate surface area is 144 Å². The molecule has 0 heterocycles. The first-order chi connectivity index (χ1) is 11.0. The van der Waals surface area contributed by atoms with Crippen LogP contribution < -0.4 is 10.1 Å². The van der Waals surface area contributed by atoms with E-state index in [1.807, 2.05) is 24.1 Å². The van der Waals surface area contributed by atoms with E-state index in [1.165, 1.54) is 19.3 Å². The van der Waals surface area contributed by atoms with Crippen molar-refractivity contribution >= 4 is 17.5 Å². The molecule has 0 aromatic heterocycles. The highest BCUT2D eigenvalue weighted by Crippen LogP contribution is 2.25. The molecule has 0 spiro atoms. The van der Waals surface area contributed by atoms with Gasteiger partial charge in [0.1, 0.15) is 5.75 Å². The van der Waals surface area contributed by atoms with E-state index < -0.39 is 0 Å². The van der Waals surface area contributed by atoms with Gasteiger partial charge in [-0.15, -0.1) is 0 Å². The summed E-state index contributed by atoms with van der Waals surface area (Å²) >= 11 is 6.05. The molecule has 0 bridgehead atoms. The van der Waals surface area contributed by atoms with E-state index in [1.54, 1.807) is 13.2 Å². The summed E-state index contributed by atoms with van der Waals surface area (Å²) in [6.45, 7) is 3.22. The van der Waals surface area contributed by atoms with Crippen LogP contribution in [0.15, 0.2) is 18.2 Å². The fraction of sp³-hybridized carbons (Fsp3) is 0.611. The van der Waals surface area contributed by atoms with Crippen molar-refractivity contribution in [1.82, 2.24) is 10.2 Å². The minimum absolute atomic E-state index is 0.0900. The summed E-state index contributed by atoms with van der Waals surface area (Å²) in [6.07, 6.45) is 4.80. The Morgan fingerprint density at radius 1 is 1.39 bits per heavy atom. The second kappa shape index (κ2) is 8.55. The molecule has 1 aliphatic carbocycles. The van der Waals surface area contributed by atoms with E-state index in [0.717, 1.165) is 17.7 Å². The van der Waals surface area contributed by atoms with Crippen LogP contribution in [0.1, 0.15) is 38.2 Å². The Kier molecular flexibility index (Phi) is 6.72. The third kappa shape index (κ3) is 5.40. The Morgan fingerprint density at radius 3 is 2.83 bits per heavy atom. The molecule has 5 heteroatoms. The molecule has 4 nitrogen and oxygen atoms in total. The van der Waals surface area contributed by atoms with Crippen LogP contribution in [0, 0.1) is 5.92 Å². The van der Waals surface area contributed by atoms with Crippen LogP contribution in [0.5, 0.6) is 5.75 Å². The lowest BCUT2D eigenvalue weighted by atomic mass is 9.86. The number of methoxy groups -OCH3 is 1. The Balaban J connectivity index is 1.87. The number of ether oxygens (including phenoxy) is 1. The number of hydrogen-bond donors (Lipinski definition) is 1. The summed E-state index contributed by atoms with van der Waals surface area (Å²) in [5.74, 6) is 1.46. The molecule has 2 atom stereocenters. The molecule has 1 saturated carbocycles. The number of carbonyl (C=O) groups excluding carboxylic acids is 1. The van der Waals surface area contributed by atoms with Gasteiger partial charge in [0.2, 0.25) is 5.91 Å². The standard InChI is InChI=1S/C18H27ClN2O2/c1-13-6-4-5-7-16(13)20-18(22)12-21(2)11-14-10-15(19)8-9-17(14)23-3/h8-10,13,16H,4-7,11-12H2,1-3H3,(H,20,22)/t13-,16-/m1/s1. The van der Waals surface area contributed by atoms with Gasteiger partial charge in [0.15, 0.2) is 0 Å². The maximum absolute atomic E-state index is 12.3. The number of amides is 1. The quantitative estimate of drug-likeness (QED) is 0.863. The maximum Gasteiger partial charge on any atom is 0.234 e. The Hall–Kier alpha value is -1.26. The van der Waals surface area contributed by atoms with Crippen LogP contribution in [0.4, 0.5) is 0 Å². The summed E-state index contributed by atoms with van der Waals surface area (Å²) in [7, 11) is 3.58. The van der Waals surface area contributed by atoms with Crippen molar-refractivity contribution in [2.45, 2.75) is 45.2 Å². The van der Waals surface area contributed by atoms with Crippen LogP contribution in [0.25, 0.3) is 0 Å². The first-order valence-electron chi connectivity index (χ1n) is 8.30. The molecule has 1 aliphatic rings. The van der Waals surface area contributed by atoms with Crippen molar-refractivity contribution in [2.24, 2.45) is 5.92 Å². The molecule has 2 rings (SSSR count). The molecule has 23 heavy (non-hydrogen) atoms. The monoisotopic (exact) mass is 338 g/mol. The molecule has 0 aliphatic heterocycles. The van der Waals surface area contributed by atoms with E-state index in [2.05, 4.69) is 12.2 Å². The van der Waals surface area contributed by atoms with Gasteiger partial charge >= 0.3 is 0 Å². The Morgan fingerprint density at radius 2 is 2.13 bits per heavy atom. The summed E-state index contributed by atoms with van der Waals surface area (Å²) in [4.78, 5) is 14.3. The minimum atomic E-state index is 0.0900. The predicted octanol–water partition coefficient (Wildman–Crippen LogP) is 3.48. The van der Waals surface area contributed by atoms with Crippen LogP contribution in [-0.2, 0) is 11.3 Å². The molecule has 1 amide bonds. The van der Waals surface area contributed by atoms with E-state index in [4.69, 9.17) is 16.3 Å². The van der Waals surface area contributed by atoms with Gasteiger partial charge in [-0.25, -0.2) is 0 Å². The SMILES string of the molecule is COc1ccc(Cl)cc1CN(C)CC(=O)N[C@@H]1CCCC[C@H]1C. The van der Waals surface area contributed by atoms with Gasteiger partial charge in [-0.1, -0.05) is 31.4 Å². The van der Waals surface area contributed by atoms with Crippen molar-refractivity contribution in [3.63, 3.8) is 0 Å². The van der Waals surface area contributed by atoms with Gasteiger partial charge in [-0.05, 0) is 44.0 Å². The van der Waals surface area contributed by atoms with Crippen molar-refractivity contribution in [2.75, 3.05) is 20.7 Å². The second-order valence-corrected chi connectivity index (χ2v) is 7.00. The van der Waals surface area contributed by atoms with E-state index in [-0.39, 0.29) is 5.91 Å². The first-order valence-corrected chi connectivity index (χ1v) is 8.67. The molecule has 0 radical (unpaired) electrons. The molecule has 0 saturated heterocycles. The van der Waals surface area contributed by atoms with Gasteiger partial charge in [-0.2, -0.15) is 0 Å². The van der Waals surface area contributed by atoms with Gasteiger partial charge in [0.25, 0.3) is 0 Å². The lowest BCUT2D eigenvalue weighted by molar-refractivity contribution is -0.123. The molecule has 1 aromatic carbocycles. The summed E-state index contributed by atoms with van der Waals surface area (Å²) in [6, 6.07) is 5.87. The number of halogens is 1. The highest BCUT2D eigenvalue weighted by molar-refractivity contribution is 6.30. The van der Waals surface area contributed by atoms with Crippen molar-refractivity contribution < 1.29 is 9.53 Å². The number of hydrogen-bond acceptors (Lipinski definition) is 3. The number of benzene rings is 1. The van der Waals surface area contributed by atoms with E-state index in [9.17, 15) is 4.79 Å². The molecule has 128 valence electrons. The minimum Gasteiger partial charge on any atom is -0.496 e. The first kappa shape index (κ1) is 18.1. The van der Waals surface area contributed by atoms with Crippen LogP contribution in [0.2, 0.25) is 5.02 Å². The molecular formula is C18H27ClN2O2. The number of likely N-dealkylation sites (N-methyl/N-ethyl adjacent to an activating group) is 1. The summed E-state index contributed by atoms with van der Waals surface area (Å²) in [5, 5.41) is 3.86. The molecular weight excluding hydrogens is 312 g/mol. The molecule has 0 unspecified atom stereocenters. The van der Waals surface area contributed by atoms with Crippen LogP contribution in [0.3, 0.4) is 0 Å². The highest BCUT2D eigenvalue weighted by Gasteiger charge is 2.23. The van der Waals surface area contributed by atoms with Crippen molar-refractivity contribution in [1.29, 1.82) is 0 Å². The largest absolute Gasteiger partial charge is 0.496 e. The topological polar surface area (TPSA) is 41.6 Å². The number of rotatable bonds is 6. The zero-order chi connectivity index (χ0) is 16.8. The fourth-order valence-corrected chi connectivity index (χ4v) is 3.44. The van der Waals surface area contributed by atoms with Gasteiger partial charge < -0.3 is 10.1 Å². The molecule has 1 N–H and O–H groups in total. The normalized spacial score (nSPS) is 21.3. The van der Waals surface area contributed by atoms with Gasteiger partial charge in [-0.3, -0.25) is 9.69 Å². The third-order valence-electron chi connectivity index (χ3n) is 4.55. The Bertz CT molecular complexity index is 536. The van der Waals surface area contributed by atoms with Crippen LogP contribution in [-0.4, -0.2) is 37.6 Å². The predicted molar refractivity (Wildman–Crippen MR) is 93.9 cm³/mol. The zero-order valence-electron chi connectivity index (χ0n) is 14.3. The second-order valence-electron chi connectivity index (χ2n) is 6.56. The zero-order valence-corrected chi connectivity index (χ0v) is 15.0. The number of nitrogens with one attached hydrogen (secondary N) is 1. The van der Waals surface area contributed by atoms with Crippen molar-refractivity contribution in [3.05, 3.63) is 28.8 Å². The van der Waals surface area contributed by atoms with Gasteiger partial charge in [0.05, 0.1) is 13.7 Å². The lowest BCUT2D eigenvalue weighted by Gasteiger charge is -2.30. The average molecular weight is 339 g/mol. The van der Waals surface area contributed by atoms with E-state index >= 15 is 0 Å². The highest BCUT2D eigenvalue weighted by atomic mass is 35.5. The summed E-state index contributed by atoms with van der Waals surface area (Å²) in [5.41, 5.74) is 0.987. The van der Waals surface area contributed by atoms with Crippen molar-refractivity contribution in [3.8, 4) is 5.75 Å². The summed E-state index contributed by atoms with van der Waals surface area (Å²) < 4.78 is 5.36. The van der Waals surface area contributed by atoms with E-state index in [0.29, 0.717) is 30.1 Å². The lowest BCUT2D eigenvalue weighted by Crippen LogP contribution is -2.44. The maximum atomic E-state index is 12.3. The van der Waals surface area contributed by atoms with Gasteiger partial charge in [0, 0.05) is 23.2 Å². The van der Waals surface area contributed by atoms with Crippen LogP contribution >= 0.6 is 11.6 Å². The fourth-order valence-electron chi connectivity index (χ4n) is 3.25. The molecule has 1 fully saturated rings. The number of carbonyl (C=O) groups is 1. The average Bonchev–Trinajstić information content (AvgIpc) is 2.49. The number of nitrogens with zero attached hydrogens (tertiary/aromatic N) is 1.